The number of nitrogens with zero attached hydrogens (tertiary/aromatic N) is 7. The second-order valence-electron chi connectivity index (χ2n) is 6.64. The zero-order valence-electron chi connectivity index (χ0n) is 14.8. The number of nitrogens with one attached hydrogen (secondary N) is 1. The molecule has 0 aromatic carbocycles. The predicted octanol–water partition coefficient (Wildman–Crippen LogP) is 1.91. The van der Waals surface area contributed by atoms with Gasteiger partial charge in [-0.15, -0.1) is 10.2 Å². The van der Waals surface area contributed by atoms with Gasteiger partial charge in [0.15, 0.2) is 0 Å². The Kier molecular flexibility index (Phi) is 4.33. The lowest BCUT2D eigenvalue weighted by Gasteiger charge is -2.25. The van der Waals surface area contributed by atoms with Crippen LogP contribution in [0.1, 0.15) is 44.0 Å². The molecule has 1 aliphatic heterocycles. The first-order chi connectivity index (χ1) is 12.3. The summed E-state index contributed by atoms with van der Waals surface area (Å²) in [6.07, 6.45) is 6.62. The first-order valence-corrected chi connectivity index (χ1v) is 9.13. The van der Waals surface area contributed by atoms with E-state index in [1.54, 1.807) is 10.8 Å². The normalized spacial score (nSPS) is 17.0. The Morgan fingerprint density at radius 2 is 2.20 bits per heavy atom. The average molecular weight is 340 g/mol. The van der Waals surface area contributed by atoms with Crippen LogP contribution in [-0.2, 0) is 25.8 Å². The Labute approximate surface area is 146 Å². The van der Waals surface area contributed by atoms with Gasteiger partial charge in [0.1, 0.15) is 23.8 Å². The summed E-state index contributed by atoms with van der Waals surface area (Å²) in [7, 11) is 0. The molecular weight excluding hydrogens is 316 g/mol. The SMILES string of the molecule is CCCc1cc(NC[C@@H]2CCc3nnc(CC)n3C2)n2ncnc2n1. The van der Waals surface area contributed by atoms with Crippen LogP contribution in [0.2, 0.25) is 0 Å². The molecule has 0 amide bonds. The number of aromatic nitrogens is 7. The van der Waals surface area contributed by atoms with E-state index >= 15 is 0 Å². The van der Waals surface area contributed by atoms with Crippen LogP contribution in [0.25, 0.3) is 5.78 Å². The molecule has 0 saturated carbocycles. The van der Waals surface area contributed by atoms with Crippen LogP contribution < -0.4 is 5.32 Å². The van der Waals surface area contributed by atoms with E-state index < -0.39 is 0 Å². The van der Waals surface area contributed by atoms with Crippen LogP contribution in [0.5, 0.6) is 0 Å². The Bertz CT molecular complexity index is 851. The lowest BCUT2D eigenvalue weighted by Crippen LogP contribution is -2.27. The van der Waals surface area contributed by atoms with Crippen LogP contribution >= 0.6 is 0 Å². The maximum absolute atomic E-state index is 4.55. The van der Waals surface area contributed by atoms with Gasteiger partial charge in [0, 0.05) is 37.7 Å². The molecule has 132 valence electrons. The van der Waals surface area contributed by atoms with Gasteiger partial charge in [0.05, 0.1) is 0 Å². The number of fused-ring (bicyclic) bond motifs is 2. The van der Waals surface area contributed by atoms with Crippen molar-refractivity contribution in [3.8, 4) is 0 Å². The second kappa shape index (κ2) is 6.78. The quantitative estimate of drug-likeness (QED) is 0.738. The van der Waals surface area contributed by atoms with Crippen molar-refractivity contribution in [2.24, 2.45) is 5.92 Å². The third-order valence-corrected chi connectivity index (χ3v) is 4.82. The monoisotopic (exact) mass is 340 g/mol. The number of hydrogen-bond acceptors (Lipinski definition) is 6. The van der Waals surface area contributed by atoms with E-state index in [0.717, 1.165) is 68.4 Å². The highest BCUT2D eigenvalue weighted by Gasteiger charge is 2.22. The fraction of sp³-hybridized carbons (Fsp3) is 0.588. The van der Waals surface area contributed by atoms with Gasteiger partial charge in [-0.2, -0.15) is 14.6 Å². The molecule has 4 heterocycles. The highest BCUT2D eigenvalue weighted by atomic mass is 15.4. The van der Waals surface area contributed by atoms with Gasteiger partial charge in [-0.25, -0.2) is 4.98 Å². The minimum atomic E-state index is 0.551. The van der Waals surface area contributed by atoms with E-state index in [9.17, 15) is 0 Å². The standard InChI is InChI=1S/C17H24N8/c1-3-5-13-8-16(25-17(21-13)19-11-20-25)18-9-12-6-7-15-23-22-14(4-2)24(15)10-12/h8,11-12,18H,3-7,9-10H2,1-2H3/t12-/m0/s1. The smallest absolute Gasteiger partial charge is 0.254 e. The summed E-state index contributed by atoms with van der Waals surface area (Å²) >= 11 is 0. The molecule has 0 spiro atoms. The van der Waals surface area contributed by atoms with Crippen molar-refractivity contribution in [1.29, 1.82) is 0 Å². The van der Waals surface area contributed by atoms with Crippen molar-refractivity contribution >= 4 is 11.6 Å². The van der Waals surface area contributed by atoms with E-state index in [1.165, 1.54) is 0 Å². The van der Waals surface area contributed by atoms with Crippen molar-refractivity contribution in [3.05, 3.63) is 29.7 Å². The largest absolute Gasteiger partial charge is 0.370 e. The Morgan fingerprint density at radius 1 is 1.28 bits per heavy atom. The van der Waals surface area contributed by atoms with Crippen molar-refractivity contribution in [1.82, 2.24) is 34.3 Å². The van der Waals surface area contributed by atoms with E-state index in [-0.39, 0.29) is 0 Å². The van der Waals surface area contributed by atoms with E-state index in [0.29, 0.717) is 11.7 Å². The van der Waals surface area contributed by atoms with Crippen LogP contribution in [0.4, 0.5) is 5.82 Å². The average Bonchev–Trinajstić information content (AvgIpc) is 3.26. The molecular formula is C17H24N8. The summed E-state index contributed by atoms with van der Waals surface area (Å²) in [6.45, 7) is 6.16. The van der Waals surface area contributed by atoms with Crippen molar-refractivity contribution < 1.29 is 0 Å². The van der Waals surface area contributed by atoms with E-state index in [1.807, 2.05) is 0 Å². The highest BCUT2D eigenvalue weighted by Crippen LogP contribution is 2.21. The highest BCUT2D eigenvalue weighted by molar-refractivity contribution is 5.45. The predicted molar refractivity (Wildman–Crippen MR) is 94.5 cm³/mol. The molecule has 8 nitrogen and oxygen atoms in total. The molecule has 0 radical (unpaired) electrons. The lowest BCUT2D eigenvalue weighted by atomic mass is 9.99. The van der Waals surface area contributed by atoms with Crippen LogP contribution in [-0.4, -0.2) is 40.9 Å². The van der Waals surface area contributed by atoms with Crippen molar-refractivity contribution in [3.63, 3.8) is 0 Å². The summed E-state index contributed by atoms with van der Waals surface area (Å²) in [4.78, 5) is 8.80. The minimum absolute atomic E-state index is 0.551. The van der Waals surface area contributed by atoms with Gasteiger partial charge >= 0.3 is 0 Å². The molecule has 1 aliphatic rings. The summed E-state index contributed by atoms with van der Waals surface area (Å²) in [5.41, 5.74) is 1.06. The summed E-state index contributed by atoms with van der Waals surface area (Å²) in [6, 6.07) is 2.09. The summed E-state index contributed by atoms with van der Waals surface area (Å²) in [5.74, 6) is 4.39. The molecule has 25 heavy (non-hydrogen) atoms. The fourth-order valence-electron chi connectivity index (χ4n) is 3.50. The number of hydrogen-bond donors (Lipinski definition) is 1. The number of aryl methyl sites for hydroxylation is 3. The molecule has 4 rings (SSSR count). The maximum Gasteiger partial charge on any atom is 0.254 e. The third-order valence-electron chi connectivity index (χ3n) is 4.82. The maximum atomic E-state index is 4.55. The molecule has 0 saturated heterocycles. The topological polar surface area (TPSA) is 85.8 Å². The molecule has 0 aliphatic carbocycles. The number of rotatable bonds is 6. The van der Waals surface area contributed by atoms with Crippen LogP contribution in [0, 0.1) is 5.92 Å². The van der Waals surface area contributed by atoms with Crippen molar-refractivity contribution in [2.45, 2.75) is 52.5 Å². The van der Waals surface area contributed by atoms with Crippen LogP contribution in [0.3, 0.4) is 0 Å². The molecule has 3 aromatic rings. The molecule has 1 N–H and O–H groups in total. The molecule has 3 aromatic heterocycles. The molecule has 0 bridgehead atoms. The fourth-order valence-corrected chi connectivity index (χ4v) is 3.50. The second-order valence-corrected chi connectivity index (χ2v) is 6.64. The van der Waals surface area contributed by atoms with Gasteiger partial charge in [-0.05, 0) is 18.8 Å². The first kappa shape index (κ1) is 16.0. The van der Waals surface area contributed by atoms with Gasteiger partial charge in [-0.3, -0.25) is 0 Å². The van der Waals surface area contributed by atoms with Gasteiger partial charge in [0.25, 0.3) is 5.78 Å². The zero-order chi connectivity index (χ0) is 17.2. The lowest BCUT2D eigenvalue weighted by molar-refractivity contribution is 0.374. The third kappa shape index (κ3) is 3.08. The van der Waals surface area contributed by atoms with Crippen LogP contribution in [0.15, 0.2) is 12.4 Å². The van der Waals surface area contributed by atoms with Gasteiger partial charge in [-0.1, -0.05) is 20.3 Å². The molecule has 0 unspecified atom stereocenters. The van der Waals surface area contributed by atoms with E-state index in [4.69, 9.17) is 0 Å². The molecule has 8 heteroatoms. The summed E-state index contributed by atoms with van der Waals surface area (Å²) in [5, 5.41) is 16.5. The minimum Gasteiger partial charge on any atom is -0.370 e. The first-order valence-electron chi connectivity index (χ1n) is 9.13. The summed E-state index contributed by atoms with van der Waals surface area (Å²) < 4.78 is 4.07. The number of anilines is 1. The van der Waals surface area contributed by atoms with Gasteiger partial charge in [0.2, 0.25) is 0 Å². The zero-order valence-corrected chi connectivity index (χ0v) is 14.8. The van der Waals surface area contributed by atoms with Crippen molar-refractivity contribution in [2.75, 3.05) is 11.9 Å². The molecule has 1 atom stereocenters. The Hall–Kier alpha value is -2.51. The van der Waals surface area contributed by atoms with Gasteiger partial charge < -0.3 is 9.88 Å². The Balaban J connectivity index is 1.50. The van der Waals surface area contributed by atoms with E-state index in [2.05, 4.69) is 55.1 Å². The Morgan fingerprint density at radius 3 is 3.04 bits per heavy atom. The molecule has 0 fully saturated rings.